The highest BCUT2D eigenvalue weighted by molar-refractivity contribution is 5.79. The minimum atomic E-state index is -5.08. The number of halogens is 3. The number of likely N-dealkylation sites (tertiary alicyclic amines) is 1. The number of alkyl halides is 3. The summed E-state index contributed by atoms with van der Waals surface area (Å²) in [7, 11) is 0. The number of aliphatic carboxylic acids is 1. The van der Waals surface area contributed by atoms with E-state index in [1.165, 1.54) is 5.56 Å². The maximum Gasteiger partial charge on any atom is 0.490 e. The van der Waals surface area contributed by atoms with Gasteiger partial charge in [0, 0.05) is 38.0 Å². The van der Waals surface area contributed by atoms with Gasteiger partial charge in [0.25, 0.3) is 0 Å². The van der Waals surface area contributed by atoms with Crippen LogP contribution in [0, 0.1) is 5.41 Å². The van der Waals surface area contributed by atoms with Crippen molar-refractivity contribution in [3.63, 3.8) is 0 Å². The first kappa shape index (κ1) is 17.3. The molecule has 2 saturated heterocycles. The van der Waals surface area contributed by atoms with E-state index < -0.39 is 12.1 Å². The van der Waals surface area contributed by atoms with E-state index in [0.717, 1.165) is 32.6 Å². The number of amides is 1. The Morgan fingerprint density at radius 3 is 2.22 bits per heavy atom. The number of carbonyl (C=O) groups is 2. The molecular formula is C15H17F3N2O3. The number of nitrogens with zero attached hydrogens (tertiary/aromatic N) is 1. The maximum absolute atomic E-state index is 11.9. The fourth-order valence-corrected chi connectivity index (χ4v) is 2.64. The van der Waals surface area contributed by atoms with Crippen molar-refractivity contribution in [1.82, 2.24) is 10.2 Å². The summed E-state index contributed by atoms with van der Waals surface area (Å²) in [6, 6.07) is 10.2. The van der Waals surface area contributed by atoms with Crippen LogP contribution >= 0.6 is 0 Å². The summed E-state index contributed by atoms with van der Waals surface area (Å²) in [5.74, 6) is -2.45. The Kier molecular flexibility index (Phi) is 4.93. The van der Waals surface area contributed by atoms with Crippen molar-refractivity contribution in [3.05, 3.63) is 35.9 Å². The largest absolute Gasteiger partial charge is 0.490 e. The molecule has 126 valence electrons. The minimum absolute atomic E-state index is 0.256. The van der Waals surface area contributed by atoms with Gasteiger partial charge in [0.05, 0.1) is 0 Å². The lowest BCUT2D eigenvalue weighted by Gasteiger charge is -2.38. The van der Waals surface area contributed by atoms with Crippen molar-refractivity contribution in [2.24, 2.45) is 5.41 Å². The quantitative estimate of drug-likeness (QED) is 0.865. The molecule has 2 fully saturated rings. The van der Waals surface area contributed by atoms with Gasteiger partial charge in [-0.2, -0.15) is 13.2 Å². The van der Waals surface area contributed by atoms with Crippen LogP contribution in [0.2, 0.25) is 0 Å². The number of hydrogen-bond donors (Lipinski definition) is 2. The molecule has 0 bridgehead atoms. The number of hydrogen-bond acceptors (Lipinski definition) is 3. The number of rotatable bonds is 2. The zero-order valence-electron chi connectivity index (χ0n) is 12.3. The smallest absolute Gasteiger partial charge is 0.475 e. The number of carboxylic acid groups (broad SMARTS) is 1. The molecule has 23 heavy (non-hydrogen) atoms. The van der Waals surface area contributed by atoms with Crippen molar-refractivity contribution in [2.75, 3.05) is 19.6 Å². The summed E-state index contributed by atoms with van der Waals surface area (Å²) in [6.07, 6.45) is -4.35. The van der Waals surface area contributed by atoms with Gasteiger partial charge in [-0.1, -0.05) is 30.3 Å². The molecule has 2 aliphatic heterocycles. The molecule has 3 rings (SSSR count). The van der Waals surface area contributed by atoms with Crippen molar-refractivity contribution in [3.8, 4) is 0 Å². The molecule has 0 radical (unpaired) electrons. The highest BCUT2D eigenvalue weighted by Gasteiger charge is 2.47. The Hall–Kier alpha value is -2.09. The van der Waals surface area contributed by atoms with E-state index >= 15 is 0 Å². The first-order valence-corrected chi connectivity index (χ1v) is 7.04. The summed E-state index contributed by atoms with van der Waals surface area (Å²) < 4.78 is 31.7. The Morgan fingerprint density at radius 2 is 1.83 bits per heavy atom. The second-order valence-corrected chi connectivity index (χ2v) is 5.82. The predicted molar refractivity (Wildman–Crippen MR) is 75.5 cm³/mol. The fraction of sp³-hybridized carbons (Fsp3) is 0.467. The summed E-state index contributed by atoms with van der Waals surface area (Å²) in [5.41, 5.74) is 1.48. The Balaban J connectivity index is 0.000000236. The molecule has 0 aromatic heterocycles. The zero-order valence-corrected chi connectivity index (χ0v) is 12.3. The average molecular weight is 330 g/mol. The van der Waals surface area contributed by atoms with Gasteiger partial charge < -0.3 is 15.3 Å². The summed E-state index contributed by atoms with van der Waals surface area (Å²) in [5, 5.41) is 10.4. The van der Waals surface area contributed by atoms with Crippen LogP contribution in [0.5, 0.6) is 0 Å². The summed E-state index contributed by atoms with van der Waals surface area (Å²) >= 11 is 0. The number of benzene rings is 1. The Morgan fingerprint density at radius 1 is 1.26 bits per heavy atom. The SMILES string of the molecule is O=C(O)C(F)(F)F.O=C1CC2(CNC2)CN1Cc1ccccc1. The molecule has 0 atom stereocenters. The molecule has 0 aliphatic carbocycles. The predicted octanol–water partition coefficient (Wildman–Crippen LogP) is 1.64. The highest BCUT2D eigenvalue weighted by Crippen LogP contribution is 2.35. The third kappa shape index (κ3) is 4.44. The molecule has 2 heterocycles. The summed E-state index contributed by atoms with van der Waals surface area (Å²) in [4.78, 5) is 22.8. The van der Waals surface area contributed by atoms with Crippen LogP contribution in [0.4, 0.5) is 13.2 Å². The van der Waals surface area contributed by atoms with Gasteiger partial charge in [-0.15, -0.1) is 0 Å². The molecule has 0 saturated carbocycles. The van der Waals surface area contributed by atoms with E-state index in [2.05, 4.69) is 17.4 Å². The fourth-order valence-electron chi connectivity index (χ4n) is 2.64. The molecule has 2 aliphatic rings. The van der Waals surface area contributed by atoms with Crippen molar-refractivity contribution in [1.29, 1.82) is 0 Å². The third-order valence-corrected chi connectivity index (χ3v) is 3.86. The normalized spacial score (nSPS) is 19.1. The molecule has 1 amide bonds. The zero-order chi connectivity index (χ0) is 17.1. The highest BCUT2D eigenvalue weighted by atomic mass is 19.4. The van der Waals surface area contributed by atoms with Crippen LogP contribution in [-0.4, -0.2) is 47.7 Å². The first-order valence-electron chi connectivity index (χ1n) is 7.04. The third-order valence-electron chi connectivity index (χ3n) is 3.86. The monoisotopic (exact) mass is 330 g/mol. The van der Waals surface area contributed by atoms with Crippen LogP contribution in [-0.2, 0) is 16.1 Å². The molecule has 1 aromatic carbocycles. The molecule has 0 unspecified atom stereocenters. The van der Waals surface area contributed by atoms with E-state index in [1.54, 1.807) is 0 Å². The van der Waals surface area contributed by atoms with Crippen LogP contribution in [0.1, 0.15) is 12.0 Å². The molecule has 1 aromatic rings. The average Bonchev–Trinajstić information content (AvgIpc) is 2.77. The van der Waals surface area contributed by atoms with E-state index in [9.17, 15) is 18.0 Å². The second kappa shape index (κ2) is 6.57. The van der Waals surface area contributed by atoms with Crippen LogP contribution in [0.3, 0.4) is 0 Å². The number of carboxylic acids is 1. The topological polar surface area (TPSA) is 69.6 Å². The van der Waals surface area contributed by atoms with Crippen molar-refractivity contribution in [2.45, 2.75) is 19.1 Å². The van der Waals surface area contributed by atoms with Gasteiger partial charge in [0.2, 0.25) is 5.91 Å². The van der Waals surface area contributed by atoms with Gasteiger partial charge in [-0.3, -0.25) is 4.79 Å². The molecule has 8 heteroatoms. The van der Waals surface area contributed by atoms with Gasteiger partial charge >= 0.3 is 12.1 Å². The number of carbonyl (C=O) groups excluding carboxylic acids is 1. The van der Waals surface area contributed by atoms with Gasteiger partial charge in [0.15, 0.2) is 0 Å². The van der Waals surface area contributed by atoms with E-state index in [4.69, 9.17) is 9.90 Å². The van der Waals surface area contributed by atoms with E-state index in [0.29, 0.717) is 5.91 Å². The van der Waals surface area contributed by atoms with E-state index in [-0.39, 0.29) is 5.41 Å². The van der Waals surface area contributed by atoms with Crippen molar-refractivity contribution >= 4 is 11.9 Å². The standard InChI is InChI=1S/C13H16N2O.C2HF3O2/c16-12-6-13(8-14-9-13)10-15(12)7-11-4-2-1-3-5-11;3-2(4,5)1(6)7/h1-5,14H,6-10H2;(H,6,7). The lowest BCUT2D eigenvalue weighted by Crippen LogP contribution is -2.54. The lowest BCUT2D eigenvalue weighted by atomic mass is 9.81. The van der Waals surface area contributed by atoms with Crippen molar-refractivity contribution < 1.29 is 27.9 Å². The van der Waals surface area contributed by atoms with Gasteiger partial charge in [-0.25, -0.2) is 4.79 Å². The molecule has 1 spiro atoms. The molecule has 5 nitrogen and oxygen atoms in total. The second-order valence-electron chi connectivity index (χ2n) is 5.82. The van der Waals surface area contributed by atoms with Crippen LogP contribution in [0.15, 0.2) is 30.3 Å². The van der Waals surface area contributed by atoms with Crippen LogP contribution in [0.25, 0.3) is 0 Å². The minimum Gasteiger partial charge on any atom is -0.475 e. The Bertz CT molecular complexity index is 571. The molecular weight excluding hydrogens is 313 g/mol. The number of nitrogens with one attached hydrogen (secondary N) is 1. The lowest BCUT2D eigenvalue weighted by molar-refractivity contribution is -0.192. The first-order chi connectivity index (χ1) is 10.7. The maximum atomic E-state index is 11.9. The van der Waals surface area contributed by atoms with Gasteiger partial charge in [-0.05, 0) is 5.56 Å². The van der Waals surface area contributed by atoms with Crippen LogP contribution < -0.4 is 5.32 Å². The van der Waals surface area contributed by atoms with E-state index in [1.807, 2.05) is 23.1 Å². The Labute approximate surface area is 131 Å². The van der Waals surface area contributed by atoms with Gasteiger partial charge in [0.1, 0.15) is 0 Å². The molecule has 2 N–H and O–H groups in total. The summed E-state index contributed by atoms with van der Waals surface area (Å²) in [6.45, 7) is 3.70.